The molecule has 0 radical (unpaired) electrons. The second-order valence-electron chi connectivity index (χ2n) is 3.63. The van der Waals surface area contributed by atoms with Crippen LogP contribution in [0.1, 0.15) is 10.4 Å². The Morgan fingerprint density at radius 2 is 1.76 bits per heavy atom. The summed E-state index contributed by atoms with van der Waals surface area (Å²) in [6.07, 6.45) is 0. The summed E-state index contributed by atoms with van der Waals surface area (Å²) in [4.78, 5) is 9.63. The number of carboxylic acid groups (broad SMARTS) is 1. The highest BCUT2D eigenvalue weighted by Gasteiger charge is 2.31. The number of hydrogen-bond acceptors (Lipinski definition) is 5. The third-order valence-electron chi connectivity index (χ3n) is 2.38. The van der Waals surface area contributed by atoms with E-state index in [4.69, 9.17) is 15.6 Å². The van der Waals surface area contributed by atoms with Crippen LogP contribution < -0.4 is 0 Å². The number of rotatable bonds is 5. The maximum atomic E-state index is 13.9. The number of aromatic carboxylic acids is 1. The van der Waals surface area contributed by atoms with Crippen LogP contribution >= 0.6 is 0 Å². The predicted molar refractivity (Wildman–Crippen MR) is 63.3 cm³/mol. The Hall–Kier alpha value is -2.56. The first-order valence-corrected chi connectivity index (χ1v) is 6.66. The zero-order valence-electron chi connectivity index (χ0n) is 10.2. The van der Waals surface area contributed by atoms with Crippen LogP contribution in [0.25, 0.3) is 0 Å². The summed E-state index contributed by atoms with van der Waals surface area (Å²) in [5.41, 5.74) is -1.43. The van der Waals surface area contributed by atoms with E-state index in [0.717, 1.165) is 0 Å². The van der Waals surface area contributed by atoms with Gasteiger partial charge in [-0.2, -0.15) is 14.8 Å². The molecule has 0 atom stereocenters. The Kier molecular flexibility index (Phi) is 4.92. The molecule has 0 saturated carbocycles. The lowest BCUT2D eigenvalue weighted by atomic mass is 10.2. The first kappa shape index (κ1) is 16.5. The summed E-state index contributed by atoms with van der Waals surface area (Å²) in [6.45, 7) is -1.48. The number of benzene rings is 1. The molecule has 1 aromatic carbocycles. The molecular weight excluding hydrogens is 308 g/mol. The Morgan fingerprint density at radius 1 is 1.24 bits per heavy atom. The van der Waals surface area contributed by atoms with Gasteiger partial charge >= 0.3 is 5.97 Å². The molecule has 21 heavy (non-hydrogen) atoms. The Morgan fingerprint density at radius 3 is 2.19 bits per heavy atom. The van der Waals surface area contributed by atoms with E-state index in [0.29, 0.717) is 16.4 Å². The third kappa shape index (κ3) is 3.13. The zero-order valence-corrected chi connectivity index (χ0v) is 11.1. The van der Waals surface area contributed by atoms with Crippen LogP contribution in [0.4, 0.5) is 8.78 Å². The van der Waals surface area contributed by atoms with Gasteiger partial charge in [0.15, 0.2) is 5.82 Å². The molecule has 0 unspecified atom stereocenters. The van der Waals surface area contributed by atoms with Crippen molar-refractivity contribution in [2.45, 2.75) is 4.90 Å². The van der Waals surface area contributed by atoms with Gasteiger partial charge in [0.2, 0.25) is 10.0 Å². The average molecular weight is 315 g/mol. The number of nitrogens with zero attached hydrogens (tertiary/aromatic N) is 3. The van der Waals surface area contributed by atoms with Crippen molar-refractivity contribution in [3.8, 4) is 12.1 Å². The fourth-order valence-electron chi connectivity index (χ4n) is 1.45. The maximum absolute atomic E-state index is 13.9. The van der Waals surface area contributed by atoms with Crippen molar-refractivity contribution < 1.29 is 27.1 Å². The number of sulfonamides is 1. The van der Waals surface area contributed by atoms with E-state index in [9.17, 15) is 22.0 Å². The van der Waals surface area contributed by atoms with E-state index >= 15 is 0 Å². The second kappa shape index (κ2) is 6.26. The maximum Gasteiger partial charge on any atom is 0.341 e. The van der Waals surface area contributed by atoms with Crippen molar-refractivity contribution in [1.82, 2.24) is 4.31 Å². The molecule has 10 heteroatoms. The molecule has 1 aromatic rings. The third-order valence-corrected chi connectivity index (χ3v) is 4.19. The van der Waals surface area contributed by atoms with E-state index in [1.54, 1.807) is 0 Å². The largest absolute Gasteiger partial charge is 0.477 e. The summed E-state index contributed by atoms with van der Waals surface area (Å²) in [5, 5.41) is 25.7. The number of halogens is 2. The first-order chi connectivity index (χ1) is 9.77. The molecule has 0 spiro atoms. The topological polar surface area (TPSA) is 122 Å². The Labute approximate surface area is 118 Å². The van der Waals surface area contributed by atoms with Gasteiger partial charge in [-0.05, 0) is 12.1 Å². The van der Waals surface area contributed by atoms with Crippen LogP contribution in [0.5, 0.6) is 0 Å². The number of nitriles is 2. The summed E-state index contributed by atoms with van der Waals surface area (Å²) in [6, 6.07) is 3.98. The summed E-state index contributed by atoms with van der Waals surface area (Å²) < 4.78 is 51.7. The van der Waals surface area contributed by atoms with Crippen molar-refractivity contribution in [3.05, 3.63) is 29.3 Å². The molecule has 110 valence electrons. The smallest absolute Gasteiger partial charge is 0.341 e. The van der Waals surface area contributed by atoms with E-state index in [2.05, 4.69) is 0 Å². The summed E-state index contributed by atoms with van der Waals surface area (Å²) in [7, 11) is -4.65. The van der Waals surface area contributed by atoms with Gasteiger partial charge in [-0.1, -0.05) is 0 Å². The van der Waals surface area contributed by atoms with Crippen LogP contribution in [-0.4, -0.2) is 36.9 Å². The quantitative estimate of drug-likeness (QED) is 0.798. The molecule has 0 saturated heterocycles. The number of carbonyl (C=O) groups is 1. The van der Waals surface area contributed by atoms with Crippen molar-refractivity contribution >= 4 is 16.0 Å². The van der Waals surface area contributed by atoms with Crippen molar-refractivity contribution in [2.75, 3.05) is 13.1 Å². The molecule has 7 nitrogen and oxygen atoms in total. The van der Waals surface area contributed by atoms with Gasteiger partial charge in [0.1, 0.15) is 29.4 Å². The first-order valence-electron chi connectivity index (χ1n) is 5.22. The van der Waals surface area contributed by atoms with Crippen LogP contribution in [0, 0.1) is 34.3 Å². The fraction of sp³-hybridized carbons (Fsp3) is 0.182. The molecular formula is C11H7F2N3O4S. The van der Waals surface area contributed by atoms with E-state index in [1.807, 2.05) is 0 Å². The monoisotopic (exact) mass is 315 g/mol. The fourth-order valence-corrected chi connectivity index (χ4v) is 2.75. The van der Waals surface area contributed by atoms with Gasteiger partial charge in [-0.25, -0.2) is 22.0 Å². The number of hydrogen-bond donors (Lipinski definition) is 1. The lowest BCUT2D eigenvalue weighted by Crippen LogP contribution is -2.33. The SMILES string of the molecule is N#CCN(CC#N)S(=O)(=O)c1ccc(F)c(C(=O)O)c1F. The highest BCUT2D eigenvalue weighted by Crippen LogP contribution is 2.24. The van der Waals surface area contributed by atoms with Gasteiger partial charge in [-0.15, -0.1) is 0 Å². The van der Waals surface area contributed by atoms with Crippen LogP contribution in [0.15, 0.2) is 17.0 Å². The van der Waals surface area contributed by atoms with Gasteiger partial charge in [0.05, 0.1) is 12.1 Å². The summed E-state index contributed by atoms with van der Waals surface area (Å²) >= 11 is 0. The number of carboxylic acids is 1. The molecule has 1 N–H and O–H groups in total. The minimum atomic E-state index is -4.65. The molecule has 0 fully saturated rings. The normalized spacial score (nSPS) is 10.9. The molecule has 0 aliphatic rings. The van der Waals surface area contributed by atoms with Gasteiger partial charge in [0, 0.05) is 0 Å². The highest BCUT2D eigenvalue weighted by atomic mass is 32.2. The second-order valence-corrected chi connectivity index (χ2v) is 5.54. The molecule has 0 amide bonds. The van der Waals surface area contributed by atoms with Crippen molar-refractivity contribution in [2.24, 2.45) is 0 Å². The minimum absolute atomic E-state index is 0.342. The minimum Gasteiger partial charge on any atom is -0.477 e. The Bertz CT molecular complexity index is 749. The average Bonchev–Trinajstić information content (AvgIpc) is 2.37. The standard InChI is InChI=1S/C11H7F2N3O4S/c12-7-1-2-8(10(13)9(7)11(17)18)21(19,20)16(5-3-14)6-4-15/h1-2H,5-6H2,(H,17,18). The van der Waals surface area contributed by atoms with E-state index in [-0.39, 0.29) is 0 Å². The van der Waals surface area contributed by atoms with Crippen LogP contribution in [-0.2, 0) is 10.0 Å². The molecule has 1 rings (SSSR count). The molecule has 0 aliphatic carbocycles. The lowest BCUT2D eigenvalue weighted by molar-refractivity contribution is 0.0685. The van der Waals surface area contributed by atoms with Crippen LogP contribution in [0.2, 0.25) is 0 Å². The van der Waals surface area contributed by atoms with Crippen molar-refractivity contribution in [1.29, 1.82) is 10.5 Å². The lowest BCUT2D eigenvalue weighted by Gasteiger charge is -2.17. The van der Waals surface area contributed by atoms with Gasteiger partial charge in [-0.3, -0.25) is 0 Å². The van der Waals surface area contributed by atoms with Crippen molar-refractivity contribution in [3.63, 3.8) is 0 Å². The van der Waals surface area contributed by atoms with Gasteiger partial charge in [0.25, 0.3) is 0 Å². The zero-order chi connectivity index (χ0) is 16.2. The Balaban J connectivity index is 3.53. The predicted octanol–water partition coefficient (Wildman–Crippen LogP) is 0.701. The molecule has 0 heterocycles. The van der Waals surface area contributed by atoms with Gasteiger partial charge < -0.3 is 5.11 Å². The highest BCUT2D eigenvalue weighted by molar-refractivity contribution is 7.89. The summed E-state index contributed by atoms with van der Waals surface area (Å²) in [5.74, 6) is -5.20. The molecule has 0 bridgehead atoms. The molecule has 0 aliphatic heterocycles. The van der Waals surface area contributed by atoms with Crippen LogP contribution in [0.3, 0.4) is 0 Å². The molecule has 0 aromatic heterocycles. The van der Waals surface area contributed by atoms with E-state index in [1.165, 1.54) is 12.1 Å². The van der Waals surface area contributed by atoms with E-state index < -0.39 is 51.2 Å².